The Morgan fingerprint density at radius 3 is 2.48 bits per heavy atom. The summed E-state index contributed by atoms with van der Waals surface area (Å²) < 4.78 is 28.0. The van der Waals surface area contributed by atoms with Crippen LogP contribution >= 0.6 is 0 Å². The highest BCUT2D eigenvalue weighted by atomic mass is 16.7. The zero-order valence-corrected chi connectivity index (χ0v) is 19.1. The van der Waals surface area contributed by atoms with Crippen LogP contribution in [0.3, 0.4) is 0 Å². The molecule has 2 rings (SSSR count). The molecule has 31 heavy (non-hydrogen) atoms. The maximum Gasteiger partial charge on any atom is 0.412 e. The largest absolute Gasteiger partial charge is 0.461 e. The van der Waals surface area contributed by atoms with Gasteiger partial charge in [-0.1, -0.05) is 30.3 Å². The average molecular weight is 436 g/mol. The molecule has 1 aromatic rings. The van der Waals surface area contributed by atoms with Gasteiger partial charge in [-0.25, -0.2) is 9.59 Å². The predicted octanol–water partition coefficient (Wildman–Crippen LogP) is 3.70. The third-order valence-electron chi connectivity index (χ3n) is 4.14. The normalized spacial score (nSPS) is 19.5. The van der Waals surface area contributed by atoms with Crippen LogP contribution in [0, 0.1) is 0 Å². The monoisotopic (exact) mass is 435 g/mol. The molecule has 0 saturated carbocycles. The molecule has 2 atom stereocenters. The third kappa shape index (κ3) is 8.69. The Morgan fingerprint density at radius 1 is 1.26 bits per heavy atom. The number of carbonyl (C=O) groups excluding carboxylic acids is 2. The number of carbonyl (C=O) groups is 2. The van der Waals surface area contributed by atoms with Crippen molar-refractivity contribution in [2.75, 3.05) is 13.2 Å². The minimum atomic E-state index is -0.782. The molecule has 172 valence electrons. The van der Waals surface area contributed by atoms with Crippen molar-refractivity contribution < 1.29 is 33.3 Å². The van der Waals surface area contributed by atoms with Crippen LogP contribution in [0.2, 0.25) is 0 Å². The number of nitrogens with one attached hydrogen (secondary N) is 1. The Bertz CT molecular complexity index is 768. The van der Waals surface area contributed by atoms with Gasteiger partial charge in [0.1, 0.15) is 23.5 Å². The zero-order valence-electron chi connectivity index (χ0n) is 19.1. The molecule has 1 N–H and O–H groups in total. The SMILES string of the molecule is CCOC(=O)/C(=C/[C@H](OCc1ccccc1)[C@@H]1COC(C)(C)O1)NC(=O)OC(C)(C)C. The lowest BCUT2D eigenvalue weighted by molar-refractivity contribution is -0.152. The van der Waals surface area contributed by atoms with E-state index < -0.39 is 35.7 Å². The summed E-state index contributed by atoms with van der Waals surface area (Å²) in [7, 11) is 0. The summed E-state index contributed by atoms with van der Waals surface area (Å²) in [5, 5.41) is 2.48. The summed E-state index contributed by atoms with van der Waals surface area (Å²) in [6.07, 6.45) is -0.447. The molecule has 0 unspecified atom stereocenters. The van der Waals surface area contributed by atoms with Gasteiger partial charge in [0.25, 0.3) is 0 Å². The predicted molar refractivity (Wildman–Crippen MR) is 114 cm³/mol. The van der Waals surface area contributed by atoms with Gasteiger partial charge < -0.3 is 23.7 Å². The molecule has 1 saturated heterocycles. The van der Waals surface area contributed by atoms with Crippen LogP contribution in [0.15, 0.2) is 42.1 Å². The maximum atomic E-state index is 12.5. The third-order valence-corrected chi connectivity index (χ3v) is 4.14. The molecule has 0 radical (unpaired) electrons. The molecule has 1 fully saturated rings. The number of hydrogen-bond donors (Lipinski definition) is 1. The van der Waals surface area contributed by atoms with Gasteiger partial charge in [-0.15, -0.1) is 0 Å². The molecule has 1 aliphatic rings. The average Bonchev–Trinajstić information content (AvgIpc) is 3.03. The smallest absolute Gasteiger partial charge is 0.412 e. The van der Waals surface area contributed by atoms with Crippen molar-refractivity contribution in [2.45, 2.75) is 71.7 Å². The number of hydrogen-bond acceptors (Lipinski definition) is 7. The van der Waals surface area contributed by atoms with E-state index in [2.05, 4.69) is 5.32 Å². The van der Waals surface area contributed by atoms with Crippen LogP contribution in [0.5, 0.6) is 0 Å². The van der Waals surface area contributed by atoms with E-state index in [0.717, 1.165) is 5.56 Å². The van der Waals surface area contributed by atoms with Crippen LogP contribution in [0.1, 0.15) is 47.1 Å². The van der Waals surface area contributed by atoms with Crippen molar-refractivity contribution in [3.8, 4) is 0 Å². The van der Waals surface area contributed by atoms with Crippen molar-refractivity contribution in [3.05, 3.63) is 47.7 Å². The number of esters is 1. The van der Waals surface area contributed by atoms with E-state index in [1.165, 1.54) is 6.08 Å². The van der Waals surface area contributed by atoms with E-state index in [9.17, 15) is 9.59 Å². The van der Waals surface area contributed by atoms with Crippen molar-refractivity contribution in [2.24, 2.45) is 0 Å². The van der Waals surface area contributed by atoms with Gasteiger partial charge in [-0.05, 0) is 53.2 Å². The standard InChI is InChI=1S/C23H33NO7/c1-7-27-20(25)17(24-21(26)31-22(2,3)4)13-18(19-15-29-23(5,6)30-19)28-14-16-11-9-8-10-12-16/h8-13,18-19H,7,14-15H2,1-6H3,(H,24,26)/b17-13-/t18-,19-/m0/s1. The lowest BCUT2D eigenvalue weighted by Crippen LogP contribution is -2.37. The Balaban J connectivity index is 2.26. The Morgan fingerprint density at radius 2 is 1.94 bits per heavy atom. The highest BCUT2D eigenvalue weighted by Crippen LogP contribution is 2.27. The second-order valence-electron chi connectivity index (χ2n) is 8.56. The van der Waals surface area contributed by atoms with Crippen molar-refractivity contribution in [3.63, 3.8) is 0 Å². The molecule has 0 aliphatic carbocycles. The maximum absolute atomic E-state index is 12.5. The van der Waals surface area contributed by atoms with Gasteiger partial charge in [0, 0.05) is 0 Å². The number of amides is 1. The first-order valence-corrected chi connectivity index (χ1v) is 10.4. The molecule has 1 aliphatic heterocycles. The van der Waals surface area contributed by atoms with Crippen LogP contribution in [-0.2, 0) is 35.1 Å². The molecular weight excluding hydrogens is 402 g/mol. The van der Waals surface area contributed by atoms with Crippen LogP contribution < -0.4 is 5.32 Å². The van der Waals surface area contributed by atoms with E-state index in [1.54, 1.807) is 41.5 Å². The first-order chi connectivity index (χ1) is 14.5. The quantitative estimate of drug-likeness (QED) is 0.492. The van der Waals surface area contributed by atoms with Crippen LogP contribution in [0.25, 0.3) is 0 Å². The van der Waals surface area contributed by atoms with E-state index in [0.29, 0.717) is 0 Å². The van der Waals surface area contributed by atoms with Crippen LogP contribution in [-0.4, -0.2) is 48.9 Å². The Labute approximate surface area is 183 Å². The van der Waals surface area contributed by atoms with Gasteiger partial charge in [0.2, 0.25) is 0 Å². The molecule has 0 bridgehead atoms. The van der Waals surface area contributed by atoms with E-state index >= 15 is 0 Å². The summed E-state index contributed by atoms with van der Waals surface area (Å²) in [4.78, 5) is 24.8. The molecular formula is C23H33NO7. The van der Waals surface area contributed by atoms with Gasteiger partial charge >= 0.3 is 12.1 Å². The highest BCUT2D eigenvalue weighted by molar-refractivity contribution is 5.92. The Hall–Kier alpha value is -2.42. The summed E-state index contributed by atoms with van der Waals surface area (Å²) in [6, 6.07) is 9.61. The van der Waals surface area contributed by atoms with Crippen LogP contribution in [0.4, 0.5) is 4.79 Å². The summed E-state index contributed by atoms with van der Waals surface area (Å²) in [5.41, 5.74) is 0.152. The number of alkyl carbamates (subject to hydrolysis) is 1. The molecule has 0 spiro atoms. The Kier molecular flexibility index (Phi) is 8.61. The molecule has 1 heterocycles. The fraction of sp³-hybridized carbons (Fsp3) is 0.565. The van der Waals surface area contributed by atoms with E-state index in [1.807, 2.05) is 30.3 Å². The topological polar surface area (TPSA) is 92.3 Å². The van der Waals surface area contributed by atoms with Gasteiger partial charge in [0.15, 0.2) is 5.79 Å². The van der Waals surface area contributed by atoms with Gasteiger partial charge in [-0.2, -0.15) is 0 Å². The molecule has 8 heteroatoms. The lowest BCUT2D eigenvalue weighted by atomic mass is 10.1. The summed E-state index contributed by atoms with van der Waals surface area (Å²) in [5.74, 6) is -1.48. The zero-order chi connectivity index (χ0) is 23.1. The first kappa shape index (κ1) is 24.8. The number of ether oxygens (including phenoxy) is 5. The van der Waals surface area contributed by atoms with Gasteiger partial charge in [-0.3, -0.25) is 5.32 Å². The molecule has 1 aromatic carbocycles. The first-order valence-electron chi connectivity index (χ1n) is 10.4. The van der Waals surface area contributed by atoms with Gasteiger partial charge in [0.05, 0.1) is 19.8 Å². The van der Waals surface area contributed by atoms with E-state index in [-0.39, 0.29) is 25.5 Å². The summed E-state index contributed by atoms with van der Waals surface area (Å²) >= 11 is 0. The van der Waals surface area contributed by atoms with E-state index in [4.69, 9.17) is 23.7 Å². The minimum absolute atomic E-state index is 0.0810. The second kappa shape index (κ2) is 10.7. The second-order valence-corrected chi connectivity index (χ2v) is 8.56. The number of benzene rings is 1. The number of rotatable bonds is 8. The molecule has 8 nitrogen and oxygen atoms in total. The highest BCUT2D eigenvalue weighted by Gasteiger charge is 2.38. The fourth-order valence-electron chi connectivity index (χ4n) is 2.85. The minimum Gasteiger partial charge on any atom is -0.461 e. The van der Waals surface area contributed by atoms with Crippen molar-refractivity contribution >= 4 is 12.1 Å². The lowest BCUT2D eigenvalue weighted by Gasteiger charge is -2.24. The summed E-state index contributed by atoms with van der Waals surface area (Å²) in [6.45, 7) is 11.2. The van der Waals surface area contributed by atoms with Crippen molar-refractivity contribution in [1.29, 1.82) is 0 Å². The van der Waals surface area contributed by atoms with Crippen molar-refractivity contribution in [1.82, 2.24) is 5.32 Å². The molecule has 0 aromatic heterocycles. The fourth-order valence-corrected chi connectivity index (χ4v) is 2.85. The molecule has 1 amide bonds.